The maximum Gasteiger partial charge on any atom is 0.199 e. The Hall–Kier alpha value is -2.79. The van der Waals surface area contributed by atoms with Crippen molar-refractivity contribution >= 4 is 44.5 Å². The minimum absolute atomic E-state index is 0.0159. The molecule has 0 spiro atoms. The van der Waals surface area contributed by atoms with Crippen LogP contribution in [-0.2, 0) is 0 Å². The zero-order valence-corrected chi connectivity index (χ0v) is 13.8. The van der Waals surface area contributed by atoms with Crippen LogP contribution in [0.3, 0.4) is 0 Å². The Bertz CT molecular complexity index is 1080. The number of rotatable bonds is 1. The van der Waals surface area contributed by atoms with Crippen LogP contribution in [0.1, 0.15) is 26.3 Å². The summed E-state index contributed by atoms with van der Waals surface area (Å²) in [6, 6.07) is 11.7. The first kappa shape index (κ1) is 14.8. The van der Waals surface area contributed by atoms with E-state index in [4.69, 9.17) is 4.42 Å². The standard InChI is InChI=1S/C19H9BrO4/c20-11-5-6-16-14(8-11)17(21)10(9-24-16)7-15-18(22)12-3-1-2-4-13(12)19(15)23/h1-9H. The molecule has 0 bridgehead atoms. The number of allylic oxidation sites excluding steroid dienone is 1. The van der Waals surface area contributed by atoms with Crippen molar-refractivity contribution in [3.05, 3.63) is 85.7 Å². The molecule has 1 aliphatic carbocycles. The summed E-state index contributed by atoms with van der Waals surface area (Å²) in [5, 5.41) is 0.383. The highest BCUT2D eigenvalue weighted by Crippen LogP contribution is 2.27. The molecule has 24 heavy (non-hydrogen) atoms. The number of hydrogen-bond acceptors (Lipinski definition) is 4. The van der Waals surface area contributed by atoms with Gasteiger partial charge in [0.15, 0.2) is 17.0 Å². The van der Waals surface area contributed by atoms with E-state index in [1.165, 1.54) is 12.3 Å². The summed E-state index contributed by atoms with van der Waals surface area (Å²) in [5.41, 5.74) is 1.03. The molecule has 0 N–H and O–H groups in total. The van der Waals surface area contributed by atoms with Crippen LogP contribution in [0.2, 0.25) is 0 Å². The summed E-state index contributed by atoms with van der Waals surface area (Å²) in [7, 11) is 0. The Morgan fingerprint density at radius 3 is 2.25 bits per heavy atom. The molecule has 5 heteroatoms. The molecule has 0 atom stereocenters. The first-order chi connectivity index (χ1) is 11.6. The predicted octanol–water partition coefficient (Wildman–Crippen LogP) is 4.02. The molecule has 0 saturated heterocycles. The van der Waals surface area contributed by atoms with Crippen molar-refractivity contribution in [3.63, 3.8) is 0 Å². The first-order valence-corrected chi connectivity index (χ1v) is 7.97. The van der Waals surface area contributed by atoms with Crippen LogP contribution in [0, 0.1) is 0 Å². The smallest absolute Gasteiger partial charge is 0.199 e. The van der Waals surface area contributed by atoms with Crippen LogP contribution < -0.4 is 5.43 Å². The highest BCUT2D eigenvalue weighted by atomic mass is 79.9. The second kappa shape index (κ2) is 5.39. The third kappa shape index (κ3) is 2.17. The summed E-state index contributed by atoms with van der Waals surface area (Å²) < 4.78 is 6.19. The molecule has 0 amide bonds. The van der Waals surface area contributed by atoms with Crippen molar-refractivity contribution in [1.29, 1.82) is 0 Å². The van der Waals surface area contributed by atoms with Crippen molar-refractivity contribution in [2.24, 2.45) is 0 Å². The Kier molecular flexibility index (Phi) is 3.32. The lowest BCUT2D eigenvalue weighted by atomic mass is 10.1. The van der Waals surface area contributed by atoms with Gasteiger partial charge in [-0.1, -0.05) is 40.2 Å². The molecular weight excluding hydrogens is 372 g/mol. The van der Waals surface area contributed by atoms with Gasteiger partial charge in [0.1, 0.15) is 11.8 Å². The number of benzene rings is 2. The number of halogens is 1. The molecule has 4 rings (SSSR count). The molecule has 116 valence electrons. The molecule has 1 aromatic heterocycles. The Balaban J connectivity index is 1.90. The summed E-state index contributed by atoms with van der Waals surface area (Å²) in [6.07, 6.45) is 2.59. The van der Waals surface area contributed by atoms with Crippen molar-refractivity contribution in [2.45, 2.75) is 0 Å². The Morgan fingerprint density at radius 2 is 1.58 bits per heavy atom. The highest BCUT2D eigenvalue weighted by Gasteiger charge is 2.32. The quantitative estimate of drug-likeness (QED) is 0.472. The van der Waals surface area contributed by atoms with Gasteiger partial charge in [-0.05, 0) is 24.3 Å². The summed E-state index contributed by atoms with van der Waals surface area (Å²) >= 11 is 3.31. The number of Topliss-reactive ketones (excluding diaryl/α,β-unsaturated/α-hetero) is 2. The van der Waals surface area contributed by atoms with Crippen molar-refractivity contribution in [2.75, 3.05) is 0 Å². The molecule has 0 aliphatic heterocycles. The fraction of sp³-hybridized carbons (Fsp3) is 0. The number of hydrogen-bond donors (Lipinski definition) is 0. The Morgan fingerprint density at radius 1 is 0.917 bits per heavy atom. The van der Waals surface area contributed by atoms with Gasteiger partial charge in [0.2, 0.25) is 0 Å². The third-order valence-corrected chi connectivity index (χ3v) is 4.46. The van der Waals surface area contributed by atoms with E-state index in [-0.39, 0.29) is 28.1 Å². The van der Waals surface area contributed by atoms with Crippen LogP contribution >= 0.6 is 15.9 Å². The average molecular weight is 381 g/mol. The van der Waals surface area contributed by atoms with E-state index in [9.17, 15) is 14.4 Å². The van der Waals surface area contributed by atoms with E-state index < -0.39 is 0 Å². The van der Waals surface area contributed by atoms with Crippen LogP contribution in [0.15, 0.2) is 68.0 Å². The zero-order chi connectivity index (χ0) is 16.8. The van der Waals surface area contributed by atoms with E-state index in [0.717, 1.165) is 4.47 Å². The predicted molar refractivity (Wildman–Crippen MR) is 93.3 cm³/mol. The SMILES string of the molecule is O=C1C(=Cc2coc3ccc(Br)cc3c2=O)C(=O)c2ccccc21. The van der Waals surface area contributed by atoms with E-state index in [1.807, 2.05) is 0 Å². The molecule has 2 aromatic carbocycles. The van der Waals surface area contributed by atoms with Gasteiger partial charge in [-0.2, -0.15) is 0 Å². The molecular formula is C19H9BrO4. The molecule has 0 fully saturated rings. The van der Waals surface area contributed by atoms with Crippen molar-refractivity contribution in [1.82, 2.24) is 0 Å². The van der Waals surface area contributed by atoms with Crippen LogP contribution in [-0.4, -0.2) is 11.6 Å². The van der Waals surface area contributed by atoms with E-state index in [2.05, 4.69) is 15.9 Å². The van der Waals surface area contributed by atoms with Gasteiger partial charge in [0.05, 0.1) is 16.5 Å². The summed E-state index contributed by atoms with van der Waals surface area (Å²) in [4.78, 5) is 37.4. The van der Waals surface area contributed by atoms with Gasteiger partial charge in [0.25, 0.3) is 0 Å². The second-order valence-corrected chi connectivity index (χ2v) is 6.34. The molecule has 4 nitrogen and oxygen atoms in total. The number of carbonyl (C=O) groups is 2. The number of ketones is 2. The largest absolute Gasteiger partial charge is 0.463 e. The summed E-state index contributed by atoms with van der Waals surface area (Å²) in [6.45, 7) is 0. The minimum atomic E-state index is -0.371. The monoisotopic (exact) mass is 380 g/mol. The van der Waals surface area contributed by atoms with E-state index in [0.29, 0.717) is 22.1 Å². The molecule has 3 aromatic rings. The molecule has 0 unspecified atom stereocenters. The maximum absolute atomic E-state index is 12.6. The fourth-order valence-corrected chi connectivity index (χ4v) is 3.14. The molecule has 1 aliphatic rings. The molecule has 1 heterocycles. The van der Waals surface area contributed by atoms with Crippen molar-refractivity contribution in [3.8, 4) is 0 Å². The highest BCUT2D eigenvalue weighted by molar-refractivity contribution is 9.10. The zero-order valence-electron chi connectivity index (χ0n) is 12.2. The van der Waals surface area contributed by atoms with Gasteiger partial charge in [-0.3, -0.25) is 14.4 Å². The third-order valence-electron chi connectivity index (χ3n) is 3.97. The fourth-order valence-electron chi connectivity index (χ4n) is 2.78. The van der Waals surface area contributed by atoms with Crippen molar-refractivity contribution < 1.29 is 14.0 Å². The van der Waals surface area contributed by atoms with Crippen LogP contribution in [0.4, 0.5) is 0 Å². The second-order valence-electron chi connectivity index (χ2n) is 5.42. The number of carbonyl (C=O) groups excluding carboxylic acids is 2. The average Bonchev–Trinajstić information content (AvgIpc) is 2.83. The van der Waals surface area contributed by atoms with Gasteiger partial charge in [-0.15, -0.1) is 0 Å². The molecule has 0 saturated carbocycles. The maximum atomic E-state index is 12.6. The van der Waals surface area contributed by atoms with Gasteiger partial charge >= 0.3 is 0 Å². The van der Waals surface area contributed by atoms with E-state index >= 15 is 0 Å². The molecule has 0 radical (unpaired) electrons. The van der Waals surface area contributed by atoms with Gasteiger partial charge < -0.3 is 4.42 Å². The summed E-state index contributed by atoms with van der Waals surface area (Å²) in [5.74, 6) is -0.742. The topological polar surface area (TPSA) is 64.3 Å². The Labute approximate surface area is 144 Å². The minimum Gasteiger partial charge on any atom is -0.463 e. The van der Waals surface area contributed by atoms with E-state index in [1.54, 1.807) is 42.5 Å². The van der Waals surface area contributed by atoms with Crippen LogP contribution in [0.5, 0.6) is 0 Å². The lowest BCUT2D eigenvalue weighted by molar-refractivity contribution is 0.0990. The van der Waals surface area contributed by atoms with Gasteiger partial charge in [-0.25, -0.2) is 0 Å². The van der Waals surface area contributed by atoms with Crippen LogP contribution in [0.25, 0.3) is 17.0 Å². The lowest BCUT2D eigenvalue weighted by Gasteiger charge is -2.00. The van der Waals surface area contributed by atoms with Gasteiger partial charge in [0, 0.05) is 15.6 Å². The normalized spacial score (nSPS) is 13.5. The first-order valence-electron chi connectivity index (χ1n) is 7.17. The number of fused-ring (bicyclic) bond motifs is 2. The lowest BCUT2D eigenvalue weighted by Crippen LogP contribution is -2.08.